The maximum atomic E-state index is 12.5. The number of carbonyl (C=O) groups is 2. The van der Waals surface area contributed by atoms with Gasteiger partial charge >= 0.3 is 11.9 Å². The molecule has 0 amide bonds. The summed E-state index contributed by atoms with van der Waals surface area (Å²) in [4.78, 5) is 25.0. The Bertz CT molecular complexity index is 1190. The Morgan fingerprint density at radius 1 is 0.771 bits per heavy atom. The van der Waals surface area contributed by atoms with Gasteiger partial charge in [-0.25, -0.2) is 9.59 Å². The summed E-state index contributed by atoms with van der Waals surface area (Å²) >= 11 is 0. The number of epoxide rings is 1. The molecule has 1 heterocycles. The molecule has 2 fully saturated rings. The van der Waals surface area contributed by atoms with E-state index in [4.69, 9.17) is 23.7 Å². The monoisotopic (exact) mass is 474 g/mol. The van der Waals surface area contributed by atoms with Gasteiger partial charge in [0.25, 0.3) is 0 Å². The topological polar surface area (TPSA) is 83.6 Å². The van der Waals surface area contributed by atoms with Gasteiger partial charge in [0, 0.05) is 0 Å². The molecule has 1 aliphatic heterocycles. The first-order chi connectivity index (χ1) is 17.0. The van der Waals surface area contributed by atoms with Gasteiger partial charge in [0.05, 0.1) is 24.3 Å². The van der Waals surface area contributed by atoms with E-state index in [1.165, 1.54) is 12.8 Å². The summed E-state index contributed by atoms with van der Waals surface area (Å²) in [6, 6.07) is 18.5. The van der Waals surface area contributed by atoms with Gasteiger partial charge in [-0.1, -0.05) is 0 Å². The molecule has 0 radical (unpaired) electrons. The highest BCUT2D eigenvalue weighted by molar-refractivity contribution is 5.92. The van der Waals surface area contributed by atoms with Crippen LogP contribution in [-0.4, -0.2) is 37.9 Å². The van der Waals surface area contributed by atoms with E-state index in [0.717, 1.165) is 19.0 Å². The standard InChI is InChI=1S/C28H26O7/c1-18-14-24(34-27(29)20-4-8-22(9-5-20)31-15-19-2-3-19)12-13-26(18)35-28(30)21-6-10-23(11-7-21)32-16-25-17-33-25/h4-14,19,25H,2-3,15-17H2,1H3. The van der Waals surface area contributed by atoms with Crippen molar-refractivity contribution in [3.8, 4) is 23.0 Å². The number of carbonyl (C=O) groups excluding carboxylic acids is 2. The van der Waals surface area contributed by atoms with Crippen molar-refractivity contribution in [2.24, 2.45) is 5.92 Å². The molecule has 3 aromatic rings. The van der Waals surface area contributed by atoms with E-state index in [1.54, 1.807) is 73.7 Å². The molecule has 7 nitrogen and oxygen atoms in total. The zero-order valence-corrected chi connectivity index (χ0v) is 19.4. The third-order valence-corrected chi connectivity index (χ3v) is 5.76. The lowest BCUT2D eigenvalue weighted by molar-refractivity contribution is 0.0718. The number of benzene rings is 3. The summed E-state index contributed by atoms with van der Waals surface area (Å²) in [6.45, 7) is 3.73. The SMILES string of the molecule is Cc1cc(OC(=O)c2ccc(OCC3CC3)cc2)ccc1OC(=O)c1ccc(OCC2CO2)cc1. The summed E-state index contributed by atoms with van der Waals surface area (Å²) < 4.78 is 27.4. The van der Waals surface area contributed by atoms with Gasteiger partial charge in [-0.3, -0.25) is 0 Å². The molecule has 35 heavy (non-hydrogen) atoms. The molecule has 1 saturated heterocycles. The lowest BCUT2D eigenvalue weighted by Gasteiger charge is -2.11. The summed E-state index contributed by atoms with van der Waals surface area (Å²) in [5.41, 5.74) is 1.49. The Morgan fingerprint density at radius 2 is 1.31 bits per heavy atom. The van der Waals surface area contributed by atoms with Crippen molar-refractivity contribution in [3.63, 3.8) is 0 Å². The molecule has 5 rings (SSSR count). The second-order valence-corrected chi connectivity index (χ2v) is 8.78. The largest absolute Gasteiger partial charge is 0.493 e. The van der Waals surface area contributed by atoms with Gasteiger partial charge in [-0.2, -0.15) is 0 Å². The minimum Gasteiger partial charge on any atom is -0.493 e. The van der Waals surface area contributed by atoms with Crippen LogP contribution in [0.5, 0.6) is 23.0 Å². The molecule has 7 heteroatoms. The Balaban J connectivity index is 1.15. The lowest BCUT2D eigenvalue weighted by atomic mass is 10.2. The van der Waals surface area contributed by atoms with Gasteiger partial charge < -0.3 is 23.7 Å². The van der Waals surface area contributed by atoms with Crippen LogP contribution >= 0.6 is 0 Å². The molecular formula is C28H26O7. The van der Waals surface area contributed by atoms with Crippen LogP contribution in [0.4, 0.5) is 0 Å². The summed E-state index contributed by atoms with van der Waals surface area (Å²) in [6.07, 6.45) is 2.61. The molecule has 0 aromatic heterocycles. The minimum absolute atomic E-state index is 0.168. The highest BCUT2D eigenvalue weighted by atomic mass is 16.6. The van der Waals surface area contributed by atoms with Crippen LogP contribution < -0.4 is 18.9 Å². The van der Waals surface area contributed by atoms with Crippen molar-refractivity contribution in [3.05, 3.63) is 83.4 Å². The van der Waals surface area contributed by atoms with Gasteiger partial charge in [-0.05, 0) is 98.0 Å². The van der Waals surface area contributed by atoms with Crippen molar-refractivity contribution in [1.82, 2.24) is 0 Å². The van der Waals surface area contributed by atoms with E-state index in [0.29, 0.717) is 46.5 Å². The molecule has 3 aromatic carbocycles. The number of aryl methyl sites for hydroxylation is 1. The van der Waals surface area contributed by atoms with Crippen LogP contribution in [0, 0.1) is 12.8 Å². The normalized spacial score (nSPS) is 16.3. The quantitative estimate of drug-likeness (QED) is 0.232. The fourth-order valence-electron chi connectivity index (χ4n) is 3.35. The van der Waals surface area contributed by atoms with E-state index in [9.17, 15) is 9.59 Å². The number of rotatable bonds is 10. The summed E-state index contributed by atoms with van der Waals surface area (Å²) in [5.74, 6) is 1.86. The number of hydrogen-bond acceptors (Lipinski definition) is 7. The Kier molecular flexibility index (Phi) is 6.68. The fraction of sp³-hybridized carbons (Fsp3) is 0.286. The molecular weight excluding hydrogens is 448 g/mol. The second-order valence-electron chi connectivity index (χ2n) is 8.78. The maximum Gasteiger partial charge on any atom is 0.343 e. The van der Waals surface area contributed by atoms with Crippen LogP contribution in [0.1, 0.15) is 39.1 Å². The molecule has 1 unspecified atom stereocenters. The maximum absolute atomic E-state index is 12.5. The van der Waals surface area contributed by atoms with Crippen LogP contribution in [-0.2, 0) is 4.74 Å². The van der Waals surface area contributed by atoms with E-state index >= 15 is 0 Å². The highest BCUT2D eigenvalue weighted by Gasteiger charge is 2.23. The van der Waals surface area contributed by atoms with Gasteiger partial charge in [0.1, 0.15) is 35.7 Å². The van der Waals surface area contributed by atoms with Crippen LogP contribution in [0.2, 0.25) is 0 Å². The Morgan fingerprint density at radius 3 is 1.86 bits per heavy atom. The van der Waals surface area contributed by atoms with Crippen LogP contribution in [0.15, 0.2) is 66.7 Å². The third kappa shape index (κ3) is 6.39. The average Bonchev–Trinajstić information content (AvgIpc) is 3.79. The second kappa shape index (κ2) is 10.2. The van der Waals surface area contributed by atoms with Crippen LogP contribution in [0.25, 0.3) is 0 Å². The van der Waals surface area contributed by atoms with Gasteiger partial charge in [0.2, 0.25) is 0 Å². The summed E-state index contributed by atoms with van der Waals surface area (Å²) in [7, 11) is 0. The van der Waals surface area contributed by atoms with Gasteiger partial charge in [-0.15, -0.1) is 0 Å². The number of ether oxygens (including phenoxy) is 5. The first-order valence-corrected chi connectivity index (χ1v) is 11.7. The molecule has 0 spiro atoms. The molecule has 0 N–H and O–H groups in total. The zero-order chi connectivity index (χ0) is 24.2. The van der Waals surface area contributed by atoms with E-state index in [-0.39, 0.29) is 6.10 Å². The smallest absolute Gasteiger partial charge is 0.343 e. The van der Waals surface area contributed by atoms with Crippen molar-refractivity contribution >= 4 is 11.9 Å². The van der Waals surface area contributed by atoms with Gasteiger partial charge in [0.15, 0.2) is 0 Å². The average molecular weight is 475 g/mol. The van der Waals surface area contributed by atoms with Crippen molar-refractivity contribution in [1.29, 1.82) is 0 Å². The molecule has 1 atom stereocenters. The predicted molar refractivity (Wildman–Crippen MR) is 127 cm³/mol. The third-order valence-electron chi connectivity index (χ3n) is 5.76. The summed E-state index contributed by atoms with van der Waals surface area (Å²) in [5, 5.41) is 0. The van der Waals surface area contributed by atoms with Crippen LogP contribution in [0.3, 0.4) is 0 Å². The van der Waals surface area contributed by atoms with Crippen molar-refractivity contribution < 1.29 is 33.3 Å². The first-order valence-electron chi connectivity index (χ1n) is 11.7. The van der Waals surface area contributed by atoms with E-state index in [1.807, 2.05) is 0 Å². The van der Waals surface area contributed by atoms with E-state index in [2.05, 4.69) is 0 Å². The minimum atomic E-state index is -0.487. The predicted octanol–water partition coefficient (Wildman–Crippen LogP) is 5.00. The molecule has 0 bridgehead atoms. The Hall–Kier alpha value is -3.84. The molecule has 1 saturated carbocycles. The Labute approximate surface area is 203 Å². The number of esters is 2. The number of hydrogen-bond donors (Lipinski definition) is 0. The highest BCUT2D eigenvalue weighted by Crippen LogP contribution is 2.30. The molecule has 2 aliphatic rings. The first kappa shape index (κ1) is 22.9. The van der Waals surface area contributed by atoms with E-state index < -0.39 is 11.9 Å². The molecule has 180 valence electrons. The fourth-order valence-corrected chi connectivity index (χ4v) is 3.35. The lowest BCUT2D eigenvalue weighted by Crippen LogP contribution is -2.11. The zero-order valence-electron chi connectivity index (χ0n) is 19.4. The van der Waals surface area contributed by atoms with Crippen molar-refractivity contribution in [2.45, 2.75) is 25.9 Å². The van der Waals surface area contributed by atoms with Crippen molar-refractivity contribution in [2.75, 3.05) is 19.8 Å². The molecule has 1 aliphatic carbocycles.